The van der Waals surface area contributed by atoms with Crippen LogP contribution in [0.25, 0.3) is 0 Å². The third-order valence-corrected chi connectivity index (χ3v) is 6.22. The first-order valence-electron chi connectivity index (χ1n) is 7.79. The fourth-order valence-corrected chi connectivity index (χ4v) is 4.52. The number of esters is 1. The van der Waals surface area contributed by atoms with Crippen molar-refractivity contribution in [1.29, 1.82) is 0 Å². The minimum Gasteiger partial charge on any atom is -0.465 e. The van der Waals surface area contributed by atoms with Gasteiger partial charge in [-0.3, -0.25) is 14.4 Å². The van der Waals surface area contributed by atoms with E-state index in [1.807, 2.05) is 0 Å². The second-order valence-electron chi connectivity index (χ2n) is 5.53. The van der Waals surface area contributed by atoms with Crippen LogP contribution >= 0.6 is 11.6 Å². The summed E-state index contributed by atoms with van der Waals surface area (Å²) in [6.07, 6.45) is 0. The molecule has 2 aromatic carbocycles. The molecule has 0 atom stereocenters. The number of nitro benzene ring substituents is 1. The van der Waals surface area contributed by atoms with E-state index in [0.717, 1.165) is 10.4 Å². The lowest BCUT2D eigenvalue weighted by Crippen LogP contribution is -2.31. The molecule has 0 saturated heterocycles. The standard InChI is InChI=1S/C17H17ClN2O6S/c1-4-19(15-9-12(17(21)26-3)6-8-14(15)18)27(24,25)16-10-13(20(22)23)7-5-11(16)2/h5-10H,4H2,1-3H3. The molecule has 0 amide bonds. The lowest BCUT2D eigenvalue weighted by atomic mass is 10.2. The summed E-state index contributed by atoms with van der Waals surface area (Å²) in [5, 5.41) is 11.1. The van der Waals surface area contributed by atoms with Crippen molar-refractivity contribution in [1.82, 2.24) is 0 Å². The zero-order chi connectivity index (χ0) is 20.4. The number of benzene rings is 2. The Bertz CT molecular complexity index is 1010. The molecule has 0 aliphatic heterocycles. The largest absolute Gasteiger partial charge is 0.465 e. The molecule has 0 aliphatic carbocycles. The molecule has 0 N–H and O–H groups in total. The molecule has 10 heteroatoms. The smallest absolute Gasteiger partial charge is 0.337 e. The lowest BCUT2D eigenvalue weighted by molar-refractivity contribution is -0.385. The van der Waals surface area contributed by atoms with Gasteiger partial charge in [0.2, 0.25) is 0 Å². The highest BCUT2D eigenvalue weighted by Crippen LogP contribution is 2.33. The summed E-state index contributed by atoms with van der Waals surface area (Å²) in [4.78, 5) is 21.9. The Kier molecular flexibility index (Phi) is 6.07. The number of methoxy groups -OCH3 is 1. The Labute approximate surface area is 161 Å². The summed E-state index contributed by atoms with van der Waals surface area (Å²) in [5.74, 6) is -0.645. The molecule has 0 heterocycles. The monoisotopic (exact) mass is 412 g/mol. The van der Waals surface area contributed by atoms with Crippen molar-refractivity contribution in [2.75, 3.05) is 18.0 Å². The highest BCUT2D eigenvalue weighted by Gasteiger charge is 2.29. The van der Waals surface area contributed by atoms with Crippen LogP contribution in [-0.4, -0.2) is 33.0 Å². The molecular formula is C17H17ClN2O6S. The molecule has 144 valence electrons. The average Bonchev–Trinajstić information content (AvgIpc) is 2.62. The predicted molar refractivity (Wildman–Crippen MR) is 101 cm³/mol. The summed E-state index contributed by atoms with van der Waals surface area (Å²) in [7, 11) is -2.96. The van der Waals surface area contributed by atoms with Gasteiger partial charge in [-0.1, -0.05) is 17.7 Å². The lowest BCUT2D eigenvalue weighted by Gasteiger charge is -2.25. The summed E-state index contributed by atoms with van der Waals surface area (Å²) < 4.78 is 32.0. The van der Waals surface area contributed by atoms with Crippen molar-refractivity contribution in [3.8, 4) is 0 Å². The topological polar surface area (TPSA) is 107 Å². The molecule has 2 aromatic rings. The molecule has 0 spiro atoms. The summed E-state index contributed by atoms with van der Waals surface area (Å²) in [6.45, 7) is 3.12. The van der Waals surface area contributed by atoms with Crippen LogP contribution in [-0.2, 0) is 14.8 Å². The summed E-state index contributed by atoms with van der Waals surface area (Å²) >= 11 is 6.17. The van der Waals surface area contributed by atoms with Crippen LogP contribution in [0.4, 0.5) is 11.4 Å². The van der Waals surface area contributed by atoms with Crippen molar-refractivity contribution >= 4 is 39.0 Å². The molecule has 0 fully saturated rings. The van der Waals surface area contributed by atoms with Gasteiger partial charge in [0, 0.05) is 18.7 Å². The van der Waals surface area contributed by atoms with E-state index >= 15 is 0 Å². The van der Waals surface area contributed by atoms with Gasteiger partial charge in [0.1, 0.15) is 0 Å². The van der Waals surface area contributed by atoms with Crippen LogP contribution in [0, 0.1) is 17.0 Å². The molecule has 0 bridgehead atoms. The molecular weight excluding hydrogens is 396 g/mol. The SMILES string of the molecule is CCN(c1cc(C(=O)OC)ccc1Cl)S(=O)(=O)c1cc([N+](=O)[O-])ccc1C. The quantitative estimate of drug-likeness (QED) is 0.408. The van der Waals surface area contributed by atoms with Crippen molar-refractivity contribution in [2.24, 2.45) is 0 Å². The Morgan fingerprint density at radius 3 is 2.48 bits per heavy atom. The van der Waals surface area contributed by atoms with Gasteiger partial charge < -0.3 is 4.74 Å². The molecule has 0 unspecified atom stereocenters. The number of sulfonamides is 1. The van der Waals surface area contributed by atoms with Gasteiger partial charge in [0.15, 0.2) is 0 Å². The van der Waals surface area contributed by atoms with E-state index in [2.05, 4.69) is 4.74 Å². The van der Waals surface area contributed by atoms with E-state index in [0.29, 0.717) is 5.56 Å². The number of rotatable bonds is 6. The van der Waals surface area contributed by atoms with Gasteiger partial charge in [-0.15, -0.1) is 0 Å². The Balaban J connectivity index is 2.65. The van der Waals surface area contributed by atoms with E-state index in [9.17, 15) is 23.3 Å². The van der Waals surface area contributed by atoms with Gasteiger partial charge in [0.05, 0.1) is 33.2 Å². The minimum absolute atomic E-state index is 0.00515. The Morgan fingerprint density at radius 1 is 1.26 bits per heavy atom. The fourth-order valence-electron chi connectivity index (χ4n) is 2.52. The second kappa shape index (κ2) is 7.93. The maximum Gasteiger partial charge on any atom is 0.337 e. The molecule has 2 rings (SSSR count). The van der Waals surface area contributed by atoms with E-state index < -0.39 is 20.9 Å². The minimum atomic E-state index is -4.17. The third-order valence-electron chi connectivity index (χ3n) is 3.87. The normalized spacial score (nSPS) is 11.1. The number of ether oxygens (including phenoxy) is 1. The van der Waals surface area contributed by atoms with Gasteiger partial charge >= 0.3 is 5.97 Å². The zero-order valence-electron chi connectivity index (χ0n) is 14.8. The van der Waals surface area contributed by atoms with E-state index in [4.69, 9.17) is 11.6 Å². The highest BCUT2D eigenvalue weighted by molar-refractivity contribution is 7.92. The zero-order valence-corrected chi connectivity index (χ0v) is 16.4. The Hall–Kier alpha value is -2.65. The van der Waals surface area contributed by atoms with Gasteiger partial charge in [-0.05, 0) is 37.6 Å². The van der Waals surface area contributed by atoms with E-state index in [1.165, 1.54) is 44.4 Å². The highest BCUT2D eigenvalue weighted by atomic mass is 35.5. The number of halogens is 1. The number of carbonyl (C=O) groups excluding carboxylic acids is 1. The molecule has 0 aromatic heterocycles. The fraction of sp³-hybridized carbons (Fsp3) is 0.235. The Morgan fingerprint density at radius 2 is 1.93 bits per heavy atom. The molecule has 8 nitrogen and oxygen atoms in total. The number of carbonyl (C=O) groups is 1. The maximum absolute atomic E-state index is 13.2. The van der Waals surface area contributed by atoms with Crippen molar-refractivity contribution in [3.05, 3.63) is 62.7 Å². The molecule has 0 saturated carbocycles. The number of non-ortho nitro benzene ring substituents is 1. The average molecular weight is 413 g/mol. The first kappa shape index (κ1) is 20.7. The number of hydrogen-bond acceptors (Lipinski definition) is 6. The summed E-state index contributed by atoms with van der Waals surface area (Å²) in [5.41, 5.74) is 0.207. The van der Waals surface area contributed by atoms with E-state index in [-0.39, 0.29) is 33.4 Å². The van der Waals surface area contributed by atoms with Crippen LogP contribution < -0.4 is 4.31 Å². The van der Waals surface area contributed by atoms with Crippen molar-refractivity contribution < 1.29 is 22.9 Å². The van der Waals surface area contributed by atoms with Gasteiger partial charge in [-0.2, -0.15) is 0 Å². The van der Waals surface area contributed by atoms with Crippen LogP contribution in [0.2, 0.25) is 5.02 Å². The van der Waals surface area contributed by atoms with E-state index in [1.54, 1.807) is 6.92 Å². The summed E-state index contributed by atoms with van der Waals surface area (Å²) in [6, 6.07) is 7.71. The number of nitro groups is 1. The van der Waals surface area contributed by atoms with Crippen LogP contribution in [0.3, 0.4) is 0 Å². The van der Waals surface area contributed by atoms with Crippen LogP contribution in [0.15, 0.2) is 41.3 Å². The molecule has 0 aliphatic rings. The van der Waals surface area contributed by atoms with Crippen molar-refractivity contribution in [2.45, 2.75) is 18.7 Å². The van der Waals surface area contributed by atoms with Gasteiger partial charge in [0.25, 0.3) is 15.7 Å². The maximum atomic E-state index is 13.2. The second-order valence-corrected chi connectivity index (χ2v) is 7.77. The van der Waals surface area contributed by atoms with Crippen molar-refractivity contribution in [3.63, 3.8) is 0 Å². The number of anilines is 1. The van der Waals surface area contributed by atoms with Crippen LogP contribution in [0.5, 0.6) is 0 Å². The predicted octanol–water partition coefficient (Wildman–Crippen LogP) is 3.56. The molecule has 0 radical (unpaired) electrons. The van der Waals surface area contributed by atoms with Gasteiger partial charge in [-0.25, -0.2) is 13.2 Å². The molecule has 27 heavy (non-hydrogen) atoms. The third kappa shape index (κ3) is 4.04. The first-order valence-corrected chi connectivity index (χ1v) is 9.61. The number of aryl methyl sites for hydroxylation is 1. The number of nitrogens with zero attached hydrogens (tertiary/aromatic N) is 2. The number of hydrogen-bond donors (Lipinski definition) is 0. The van der Waals surface area contributed by atoms with Crippen LogP contribution in [0.1, 0.15) is 22.8 Å². The first-order chi connectivity index (χ1) is 12.6.